The van der Waals surface area contributed by atoms with Crippen LogP contribution in [0, 0.1) is 5.82 Å². The number of nitrogens with one attached hydrogen (secondary N) is 1. The average Bonchev–Trinajstić information content (AvgIpc) is 3.05. The maximum Gasteiger partial charge on any atom is 0.243 e. The second-order valence-corrected chi connectivity index (χ2v) is 7.76. The van der Waals surface area contributed by atoms with Gasteiger partial charge in [0, 0.05) is 19.6 Å². The van der Waals surface area contributed by atoms with Crippen molar-refractivity contribution in [3.05, 3.63) is 65.7 Å². The van der Waals surface area contributed by atoms with E-state index in [-0.39, 0.29) is 49.1 Å². The third kappa shape index (κ3) is 5.09. The molecular weight excluding hydrogens is 446 g/mol. The van der Waals surface area contributed by atoms with E-state index in [1.807, 2.05) is 46.1 Å². The summed E-state index contributed by atoms with van der Waals surface area (Å²) in [6.45, 7) is 2.20. The van der Waals surface area contributed by atoms with Crippen molar-refractivity contribution in [3.63, 3.8) is 0 Å². The predicted octanol–water partition coefficient (Wildman–Crippen LogP) is 4.06. The summed E-state index contributed by atoms with van der Waals surface area (Å²) in [5.74, 6) is 1.40. The van der Waals surface area contributed by atoms with E-state index >= 15 is 0 Å². The Labute approximate surface area is 192 Å². The molecule has 0 spiro atoms. The fourth-order valence-electron chi connectivity index (χ4n) is 3.78. The lowest BCUT2D eigenvalue weighted by atomic mass is 10.0. The van der Waals surface area contributed by atoms with Gasteiger partial charge < -0.3 is 14.8 Å². The van der Waals surface area contributed by atoms with Crippen LogP contribution in [0.1, 0.15) is 17.4 Å². The minimum absolute atomic E-state index is 0. The largest absolute Gasteiger partial charge is 0.332 e. The first-order chi connectivity index (χ1) is 13.7. The molecule has 2 heterocycles. The van der Waals surface area contributed by atoms with Crippen LogP contribution >= 0.6 is 36.6 Å². The summed E-state index contributed by atoms with van der Waals surface area (Å²) in [6.07, 6.45) is 2.03. The highest BCUT2D eigenvalue weighted by Crippen LogP contribution is 2.25. The van der Waals surface area contributed by atoms with Gasteiger partial charge in [-0.3, -0.25) is 4.79 Å². The smallest absolute Gasteiger partial charge is 0.243 e. The van der Waals surface area contributed by atoms with Crippen LogP contribution in [0.4, 0.5) is 4.39 Å². The molecule has 1 unspecified atom stereocenters. The minimum atomic E-state index is -0.279. The standard InChI is InChI=1S/C21H23FN4OS.2ClH/c1-28-14-20-24-17-7-2-3-8-18(17)26(20)13-21(27)25-10-9-23-12-19(25)15-5-4-6-16(22)11-15;;/h2-8,11,19,23H,9-10,12-14H2,1H3;2*1H. The fourth-order valence-corrected chi connectivity index (χ4v) is 4.26. The number of carbonyl (C=O) groups is 1. The zero-order valence-corrected chi connectivity index (χ0v) is 19.0. The molecule has 1 saturated heterocycles. The number of imidazole rings is 1. The molecule has 0 bridgehead atoms. The summed E-state index contributed by atoms with van der Waals surface area (Å²) in [6, 6.07) is 14.3. The first-order valence-electron chi connectivity index (χ1n) is 9.36. The number of piperazine rings is 1. The lowest BCUT2D eigenvalue weighted by molar-refractivity contribution is -0.135. The Bertz CT molecular complexity index is 1000. The second kappa shape index (κ2) is 11.0. The van der Waals surface area contributed by atoms with Gasteiger partial charge in [-0.15, -0.1) is 24.8 Å². The lowest BCUT2D eigenvalue weighted by Gasteiger charge is -2.37. The molecule has 1 N–H and O–H groups in total. The van der Waals surface area contributed by atoms with E-state index in [2.05, 4.69) is 5.32 Å². The number of amides is 1. The van der Waals surface area contributed by atoms with E-state index in [1.165, 1.54) is 12.1 Å². The van der Waals surface area contributed by atoms with Gasteiger partial charge in [0.1, 0.15) is 18.2 Å². The summed E-state index contributed by atoms with van der Waals surface area (Å²) >= 11 is 1.69. The Morgan fingerprint density at radius 1 is 1.23 bits per heavy atom. The van der Waals surface area contributed by atoms with Gasteiger partial charge in [0.25, 0.3) is 0 Å². The molecule has 0 radical (unpaired) electrons. The fraction of sp³-hybridized carbons (Fsp3) is 0.333. The van der Waals surface area contributed by atoms with Crippen molar-refractivity contribution >= 4 is 53.5 Å². The highest BCUT2D eigenvalue weighted by atomic mass is 35.5. The Balaban J connectivity index is 0.00000160. The minimum Gasteiger partial charge on any atom is -0.332 e. The van der Waals surface area contributed by atoms with Crippen molar-refractivity contribution in [2.24, 2.45) is 0 Å². The Hall–Kier alpha value is -1.80. The third-order valence-corrected chi connectivity index (χ3v) is 5.64. The highest BCUT2D eigenvalue weighted by molar-refractivity contribution is 7.97. The monoisotopic (exact) mass is 470 g/mol. The summed E-state index contributed by atoms with van der Waals surface area (Å²) < 4.78 is 15.7. The zero-order chi connectivity index (χ0) is 19.5. The van der Waals surface area contributed by atoms with Gasteiger partial charge in [-0.2, -0.15) is 11.8 Å². The molecule has 3 aromatic rings. The van der Waals surface area contributed by atoms with E-state index in [4.69, 9.17) is 4.98 Å². The molecule has 0 saturated carbocycles. The number of hydrogen-bond donors (Lipinski definition) is 1. The van der Waals surface area contributed by atoms with Crippen LogP contribution in [0.3, 0.4) is 0 Å². The van der Waals surface area contributed by atoms with E-state index in [9.17, 15) is 9.18 Å². The number of rotatable bonds is 5. The molecule has 1 aliphatic rings. The molecule has 1 atom stereocenters. The molecule has 30 heavy (non-hydrogen) atoms. The van der Waals surface area contributed by atoms with Gasteiger partial charge in [-0.25, -0.2) is 9.37 Å². The second-order valence-electron chi connectivity index (χ2n) is 6.90. The first kappa shape index (κ1) is 24.5. The number of benzene rings is 2. The molecule has 162 valence electrons. The van der Waals surface area contributed by atoms with Crippen molar-refractivity contribution in [1.82, 2.24) is 19.8 Å². The van der Waals surface area contributed by atoms with Crippen molar-refractivity contribution < 1.29 is 9.18 Å². The Morgan fingerprint density at radius 2 is 2.03 bits per heavy atom. The summed E-state index contributed by atoms with van der Waals surface area (Å²) in [5.41, 5.74) is 2.69. The quantitative estimate of drug-likeness (QED) is 0.610. The van der Waals surface area contributed by atoms with E-state index < -0.39 is 0 Å². The molecular formula is C21H25Cl2FN4OS. The first-order valence-corrected chi connectivity index (χ1v) is 10.8. The molecule has 4 rings (SSSR count). The number of carbonyl (C=O) groups excluding carboxylic acids is 1. The van der Waals surface area contributed by atoms with Crippen LogP contribution in [0.2, 0.25) is 0 Å². The molecule has 1 aromatic heterocycles. The normalized spacial score (nSPS) is 16.1. The van der Waals surface area contributed by atoms with Crippen LogP contribution < -0.4 is 5.32 Å². The number of halogens is 3. The van der Waals surface area contributed by atoms with Crippen LogP contribution in [0.25, 0.3) is 11.0 Å². The highest BCUT2D eigenvalue weighted by Gasteiger charge is 2.29. The van der Waals surface area contributed by atoms with Gasteiger partial charge in [0.2, 0.25) is 5.91 Å². The van der Waals surface area contributed by atoms with Crippen LogP contribution in [0.15, 0.2) is 48.5 Å². The van der Waals surface area contributed by atoms with Crippen LogP contribution in [-0.4, -0.2) is 46.2 Å². The van der Waals surface area contributed by atoms with Crippen molar-refractivity contribution in [2.75, 3.05) is 25.9 Å². The predicted molar refractivity (Wildman–Crippen MR) is 125 cm³/mol. The number of aromatic nitrogens is 2. The lowest BCUT2D eigenvalue weighted by Crippen LogP contribution is -2.49. The number of thioether (sulfide) groups is 1. The van der Waals surface area contributed by atoms with E-state index in [0.717, 1.165) is 34.7 Å². The summed E-state index contributed by atoms with van der Waals surface area (Å²) in [7, 11) is 0. The summed E-state index contributed by atoms with van der Waals surface area (Å²) in [4.78, 5) is 19.8. The summed E-state index contributed by atoms with van der Waals surface area (Å²) in [5, 5.41) is 3.32. The molecule has 2 aromatic carbocycles. The van der Waals surface area contributed by atoms with Gasteiger partial charge >= 0.3 is 0 Å². The van der Waals surface area contributed by atoms with Crippen LogP contribution in [0.5, 0.6) is 0 Å². The number of para-hydroxylation sites is 2. The van der Waals surface area contributed by atoms with E-state index in [1.54, 1.807) is 17.8 Å². The van der Waals surface area contributed by atoms with Gasteiger partial charge in [0.15, 0.2) is 0 Å². The molecule has 1 aliphatic heterocycles. The van der Waals surface area contributed by atoms with Crippen molar-refractivity contribution in [3.8, 4) is 0 Å². The molecule has 9 heteroatoms. The Morgan fingerprint density at radius 3 is 2.80 bits per heavy atom. The molecule has 1 fully saturated rings. The van der Waals surface area contributed by atoms with Gasteiger partial charge in [-0.05, 0) is 36.1 Å². The van der Waals surface area contributed by atoms with Gasteiger partial charge in [-0.1, -0.05) is 24.3 Å². The molecule has 1 amide bonds. The van der Waals surface area contributed by atoms with Crippen molar-refractivity contribution in [1.29, 1.82) is 0 Å². The molecule has 5 nitrogen and oxygen atoms in total. The van der Waals surface area contributed by atoms with Gasteiger partial charge in [0.05, 0.1) is 22.8 Å². The van der Waals surface area contributed by atoms with Crippen LogP contribution in [-0.2, 0) is 17.1 Å². The maximum atomic E-state index is 13.7. The topological polar surface area (TPSA) is 50.2 Å². The number of hydrogen-bond acceptors (Lipinski definition) is 4. The SMILES string of the molecule is CSCc1nc2ccccc2n1CC(=O)N1CCNCC1c1cccc(F)c1.Cl.Cl. The maximum absolute atomic E-state index is 13.7. The Kier molecular flexibility index (Phi) is 8.97. The van der Waals surface area contributed by atoms with E-state index in [0.29, 0.717) is 13.1 Å². The zero-order valence-electron chi connectivity index (χ0n) is 16.6. The average molecular weight is 471 g/mol. The molecule has 0 aliphatic carbocycles. The third-order valence-electron chi connectivity index (χ3n) is 5.10. The van der Waals surface area contributed by atoms with Crippen molar-refractivity contribution in [2.45, 2.75) is 18.3 Å². The number of fused-ring (bicyclic) bond motifs is 1. The number of nitrogens with zero attached hydrogens (tertiary/aromatic N) is 3.